The van der Waals surface area contributed by atoms with Crippen LogP contribution in [0.3, 0.4) is 0 Å². The van der Waals surface area contributed by atoms with Gasteiger partial charge in [-0.3, -0.25) is 9.78 Å². The van der Waals surface area contributed by atoms with Gasteiger partial charge < -0.3 is 0 Å². The van der Waals surface area contributed by atoms with Crippen molar-refractivity contribution in [1.29, 1.82) is 0 Å². The van der Waals surface area contributed by atoms with Crippen LogP contribution in [0.2, 0.25) is 0 Å². The van der Waals surface area contributed by atoms with Gasteiger partial charge in [-0.15, -0.1) is 0 Å². The van der Waals surface area contributed by atoms with Gasteiger partial charge in [-0.05, 0) is 17.0 Å². The van der Waals surface area contributed by atoms with Crippen molar-refractivity contribution in [3.8, 4) is 22.4 Å². The molecule has 0 spiro atoms. The molecule has 0 amide bonds. The van der Waals surface area contributed by atoms with Crippen LogP contribution < -0.4 is 0 Å². The lowest BCUT2D eigenvalue weighted by molar-refractivity contribution is 0.112. The van der Waals surface area contributed by atoms with Crippen molar-refractivity contribution in [2.24, 2.45) is 0 Å². The number of carbonyl (C=O) groups is 1. The van der Waals surface area contributed by atoms with E-state index in [-0.39, 0.29) is 0 Å². The molecule has 0 saturated heterocycles. The van der Waals surface area contributed by atoms with E-state index in [9.17, 15) is 4.79 Å². The summed E-state index contributed by atoms with van der Waals surface area (Å²) in [7, 11) is 0. The molecule has 0 fully saturated rings. The average molecular weight is 309 g/mol. The van der Waals surface area contributed by atoms with Crippen LogP contribution in [0.15, 0.2) is 85.1 Å². The Balaban J connectivity index is 2.11. The van der Waals surface area contributed by atoms with Gasteiger partial charge in [-0.25, -0.2) is 0 Å². The number of carbonyl (C=O) groups excluding carboxylic acids is 1. The van der Waals surface area contributed by atoms with Gasteiger partial charge in [0.25, 0.3) is 0 Å². The van der Waals surface area contributed by atoms with E-state index in [1.54, 1.807) is 0 Å². The van der Waals surface area contributed by atoms with Crippen LogP contribution in [0.4, 0.5) is 0 Å². The van der Waals surface area contributed by atoms with Gasteiger partial charge >= 0.3 is 0 Å². The maximum Gasteiger partial charge on any atom is 0.150 e. The highest BCUT2D eigenvalue weighted by Gasteiger charge is 2.13. The van der Waals surface area contributed by atoms with Crippen molar-refractivity contribution < 1.29 is 4.79 Å². The van der Waals surface area contributed by atoms with Crippen LogP contribution >= 0.6 is 0 Å². The third-order valence-corrected chi connectivity index (χ3v) is 4.16. The molecule has 3 aromatic carbocycles. The molecule has 0 bridgehead atoms. The van der Waals surface area contributed by atoms with E-state index in [2.05, 4.69) is 24.3 Å². The van der Waals surface area contributed by atoms with Crippen molar-refractivity contribution in [1.82, 2.24) is 4.98 Å². The predicted octanol–water partition coefficient (Wildman–Crippen LogP) is 5.38. The van der Waals surface area contributed by atoms with Crippen molar-refractivity contribution in [2.75, 3.05) is 0 Å². The number of nitrogens with zero attached hydrogens (tertiary/aromatic N) is 1. The first-order chi connectivity index (χ1) is 11.9. The fourth-order valence-corrected chi connectivity index (χ4v) is 3.01. The highest BCUT2D eigenvalue weighted by molar-refractivity contribution is 6.04. The van der Waals surface area contributed by atoms with Crippen LogP contribution in [0.5, 0.6) is 0 Å². The first-order valence-electron chi connectivity index (χ1n) is 7.85. The van der Waals surface area contributed by atoms with E-state index in [4.69, 9.17) is 4.98 Å². The minimum atomic E-state index is 0.671. The normalized spacial score (nSPS) is 10.7. The summed E-state index contributed by atoms with van der Waals surface area (Å²) < 4.78 is 0. The van der Waals surface area contributed by atoms with E-state index < -0.39 is 0 Å². The van der Waals surface area contributed by atoms with Gasteiger partial charge in [-0.1, -0.05) is 72.8 Å². The highest BCUT2D eigenvalue weighted by atomic mass is 16.1. The monoisotopic (exact) mass is 309 g/mol. The Hall–Kier alpha value is -3.26. The molecule has 0 aliphatic heterocycles. The van der Waals surface area contributed by atoms with Crippen molar-refractivity contribution in [2.45, 2.75) is 0 Å². The molecular formula is C22H15NO. The summed E-state index contributed by atoms with van der Waals surface area (Å²) in [5, 5.41) is 2.07. The molecule has 0 aliphatic rings. The number of aldehydes is 1. The molecule has 0 N–H and O–H groups in total. The lowest BCUT2D eigenvalue weighted by Gasteiger charge is -2.13. The maximum absolute atomic E-state index is 11.2. The maximum atomic E-state index is 11.2. The van der Waals surface area contributed by atoms with Crippen LogP contribution in [-0.4, -0.2) is 11.3 Å². The zero-order valence-electron chi connectivity index (χ0n) is 13.0. The Morgan fingerprint density at radius 2 is 1.42 bits per heavy atom. The number of aromatic nitrogens is 1. The van der Waals surface area contributed by atoms with E-state index in [0.717, 1.165) is 39.4 Å². The third kappa shape index (κ3) is 2.48. The summed E-state index contributed by atoms with van der Waals surface area (Å²) in [6.45, 7) is 0. The van der Waals surface area contributed by atoms with E-state index in [1.807, 2.05) is 60.8 Å². The summed E-state index contributed by atoms with van der Waals surface area (Å²) in [5.74, 6) is 0. The second-order valence-electron chi connectivity index (χ2n) is 5.68. The summed E-state index contributed by atoms with van der Waals surface area (Å²) in [4.78, 5) is 16.0. The van der Waals surface area contributed by atoms with Gasteiger partial charge in [0.1, 0.15) is 6.29 Å². The predicted molar refractivity (Wildman–Crippen MR) is 98.0 cm³/mol. The number of hydrogen-bond acceptors (Lipinski definition) is 2. The fourth-order valence-electron chi connectivity index (χ4n) is 3.01. The second-order valence-corrected chi connectivity index (χ2v) is 5.68. The Morgan fingerprint density at radius 3 is 2.08 bits per heavy atom. The first-order valence-corrected chi connectivity index (χ1v) is 7.85. The zero-order chi connectivity index (χ0) is 16.4. The smallest absolute Gasteiger partial charge is 0.150 e. The van der Waals surface area contributed by atoms with Crippen LogP contribution in [0, 0.1) is 0 Å². The molecule has 2 heteroatoms. The molecule has 4 aromatic rings. The van der Waals surface area contributed by atoms with Gasteiger partial charge in [0, 0.05) is 28.3 Å². The Bertz CT molecular complexity index is 1010. The molecule has 1 heterocycles. The number of benzene rings is 3. The molecule has 0 saturated carbocycles. The summed E-state index contributed by atoms with van der Waals surface area (Å²) in [5.41, 5.74) is 4.82. The highest BCUT2D eigenvalue weighted by Crippen LogP contribution is 2.36. The van der Waals surface area contributed by atoms with E-state index in [1.165, 1.54) is 0 Å². The number of hydrogen-bond donors (Lipinski definition) is 0. The molecule has 24 heavy (non-hydrogen) atoms. The first kappa shape index (κ1) is 14.3. The molecule has 0 atom stereocenters. The molecule has 114 valence electrons. The van der Waals surface area contributed by atoms with E-state index >= 15 is 0 Å². The summed E-state index contributed by atoms with van der Waals surface area (Å²) in [6.07, 6.45) is 2.76. The lowest BCUT2D eigenvalue weighted by Crippen LogP contribution is -1.92. The van der Waals surface area contributed by atoms with Crippen molar-refractivity contribution in [3.63, 3.8) is 0 Å². The molecule has 2 nitrogen and oxygen atoms in total. The van der Waals surface area contributed by atoms with Gasteiger partial charge in [0.15, 0.2) is 0 Å². The van der Waals surface area contributed by atoms with Gasteiger partial charge in [0.2, 0.25) is 0 Å². The third-order valence-electron chi connectivity index (χ3n) is 4.16. The summed E-state index contributed by atoms with van der Waals surface area (Å²) >= 11 is 0. The van der Waals surface area contributed by atoms with Crippen LogP contribution in [0.25, 0.3) is 33.2 Å². The van der Waals surface area contributed by atoms with Crippen LogP contribution in [0.1, 0.15) is 10.4 Å². The van der Waals surface area contributed by atoms with E-state index in [0.29, 0.717) is 5.56 Å². The van der Waals surface area contributed by atoms with Crippen molar-refractivity contribution in [3.05, 3.63) is 90.6 Å². The molecular weight excluding hydrogens is 294 g/mol. The number of rotatable bonds is 3. The average Bonchev–Trinajstić information content (AvgIpc) is 2.68. The number of pyridine rings is 1. The SMILES string of the molecule is O=Cc1ccc2cnc(-c3ccccc3)c(-c3ccccc3)c2c1. The molecule has 0 unspecified atom stereocenters. The second kappa shape index (κ2) is 6.09. The minimum absolute atomic E-state index is 0.671. The molecule has 0 aliphatic carbocycles. The van der Waals surface area contributed by atoms with Gasteiger partial charge in [-0.2, -0.15) is 0 Å². The van der Waals surface area contributed by atoms with Gasteiger partial charge in [0.05, 0.1) is 5.69 Å². The quantitative estimate of drug-likeness (QED) is 0.475. The van der Waals surface area contributed by atoms with Crippen molar-refractivity contribution >= 4 is 17.1 Å². The Labute approximate surface area is 140 Å². The largest absolute Gasteiger partial charge is 0.298 e. The fraction of sp³-hybridized carbons (Fsp3) is 0. The summed E-state index contributed by atoms with van der Waals surface area (Å²) in [6, 6.07) is 26.1. The topological polar surface area (TPSA) is 30.0 Å². The Morgan fingerprint density at radius 1 is 0.750 bits per heavy atom. The molecule has 4 rings (SSSR count). The molecule has 1 aromatic heterocycles. The van der Waals surface area contributed by atoms with Crippen LogP contribution in [-0.2, 0) is 0 Å². The molecule has 0 radical (unpaired) electrons. The zero-order valence-corrected chi connectivity index (χ0v) is 13.0. The number of fused-ring (bicyclic) bond motifs is 1. The minimum Gasteiger partial charge on any atom is -0.298 e. The Kier molecular flexibility index (Phi) is 3.64. The lowest BCUT2D eigenvalue weighted by atomic mass is 9.93. The standard InChI is InChI=1S/C22H15NO/c24-15-16-11-12-19-14-23-22(18-9-5-2-6-10-18)21(20(19)13-16)17-7-3-1-4-8-17/h1-15H.